The van der Waals surface area contributed by atoms with Crippen molar-refractivity contribution in [3.8, 4) is 17.4 Å². The molecule has 2 aromatic rings. The van der Waals surface area contributed by atoms with E-state index in [4.69, 9.17) is 14.2 Å². The number of aromatic nitrogens is 1. The lowest BCUT2D eigenvalue weighted by atomic mass is 10.2. The Kier molecular flexibility index (Phi) is 7.49. The molecule has 0 saturated heterocycles. The molecule has 1 N–H and O–H groups in total. The quantitative estimate of drug-likeness (QED) is 0.699. The van der Waals surface area contributed by atoms with Gasteiger partial charge in [0.2, 0.25) is 11.8 Å². The van der Waals surface area contributed by atoms with Crippen LogP contribution in [0.4, 0.5) is 0 Å². The van der Waals surface area contributed by atoms with Gasteiger partial charge in [0.05, 0.1) is 20.3 Å². The Bertz CT molecular complexity index is 742. The van der Waals surface area contributed by atoms with Gasteiger partial charge in [-0.3, -0.25) is 4.79 Å². The number of carbonyl (C=O) groups excluding carboxylic acids is 1. The van der Waals surface area contributed by atoms with Gasteiger partial charge in [-0.05, 0) is 43.2 Å². The fraction of sp³-hybridized carbons (Fsp3) is 0.300. The van der Waals surface area contributed by atoms with Crippen molar-refractivity contribution in [3.63, 3.8) is 0 Å². The Labute approximate surface area is 153 Å². The second-order valence-electron chi connectivity index (χ2n) is 5.33. The minimum atomic E-state index is -0.187. The smallest absolute Gasteiger partial charge is 0.244 e. The van der Waals surface area contributed by atoms with Gasteiger partial charge >= 0.3 is 0 Å². The summed E-state index contributed by atoms with van der Waals surface area (Å²) in [5, 5.41) is 2.82. The van der Waals surface area contributed by atoms with Crippen molar-refractivity contribution in [1.29, 1.82) is 0 Å². The van der Waals surface area contributed by atoms with Crippen LogP contribution in [-0.4, -0.2) is 31.2 Å². The highest BCUT2D eigenvalue weighted by Gasteiger charge is 2.05. The highest BCUT2D eigenvalue weighted by atomic mass is 16.5. The van der Waals surface area contributed by atoms with Crippen LogP contribution in [0.25, 0.3) is 6.08 Å². The first kappa shape index (κ1) is 19.3. The molecule has 0 aliphatic rings. The van der Waals surface area contributed by atoms with E-state index in [1.54, 1.807) is 25.4 Å². The van der Waals surface area contributed by atoms with E-state index in [1.807, 2.05) is 38.1 Å². The molecule has 26 heavy (non-hydrogen) atoms. The third-order valence-corrected chi connectivity index (χ3v) is 3.47. The minimum Gasteiger partial charge on any atom is -0.490 e. The Hall–Kier alpha value is -3.02. The molecule has 2 rings (SSSR count). The topological polar surface area (TPSA) is 69.7 Å². The van der Waals surface area contributed by atoms with Crippen LogP contribution < -0.4 is 19.5 Å². The first-order valence-corrected chi connectivity index (χ1v) is 8.50. The van der Waals surface area contributed by atoms with Crippen LogP contribution in [-0.2, 0) is 11.3 Å². The molecule has 0 aliphatic heterocycles. The lowest BCUT2D eigenvalue weighted by Crippen LogP contribution is -2.20. The van der Waals surface area contributed by atoms with Crippen molar-refractivity contribution >= 4 is 12.0 Å². The molecular weight excluding hydrogens is 332 g/mol. The molecule has 1 aromatic carbocycles. The lowest BCUT2D eigenvalue weighted by molar-refractivity contribution is -0.116. The van der Waals surface area contributed by atoms with E-state index >= 15 is 0 Å². The van der Waals surface area contributed by atoms with Crippen LogP contribution in [0.15, 0.2) is 42.6 Å². The summed E-state index contributed by atoms with van der Waals surface area (Å²) < 4.78 is 16.1. The number of nitrogens with one attached hydrogen (secondary N) is 1. The molecule has 0 spiro atoms. The van der Waals surface area contributed by atoms with Gasteiger partial charge in [-0.2, -0.15) is 0 Å². The Balaban J connectivity index is 1.94. The summed E-state index contributed by atoms with van der Waals surface area (Å²) in [7, 11) is 1.56. The summed E-state index contributed by atoms with van der Waals surface area (Å²) in [6.45, 7) is 5.35. The van der Waals surface area contributed by atoms with Gasteiger partial charge < -0.3 is 19.5 Å². The largest absolute Gasteiger partial charge is 0.490 e. The molecule has 1 amide bonds. The van der Waals surface area contributed by atoms with E-state index in [0.29, 0.717) is 37.1 Å². The number of pyridine rings is 1. The summed E-state index contributed by atoms with van der Waals surface area (Å²) in [6, 6.07) is 9.19. The number of amides is 1. The van der Waals surface area contributed by atoms with E-state index in [0.717, 1.165) is 11.1 Å². The van der Waals surface area contributed by atoms with Gasteiger partial charge in [0.15, 0.2) is 11.5 Å². The van der Waals surface area contributed by atoms with E-state index in [1.165, 1.54) is 6.08 Å². The predicted octanol–water partition coefficient (Wildman–Crippen LogP) is 3.22. The second-order valence-corrected chi connectivity index (χ2v) is 5.33. The molecule has 1 aromatic heterocycles. The fourth-order valence-corrected chi connectivity index (χ4v) is 2.23. The summed E-state index contributed by atoms with van der Waals surface area (Å²) in [5.41, 5.74) is 1.76. The standard InChI is InChI=1S/C20H24N2O4/c1-4-25-17-9-6-15(12-18(17)26-5-2)7-10-19(23)21-13-16-8-11-20(24-3)22-14-16/h6-12,14H,4-5,13H2,1-3H3,(H,21,23)/b10-7+. The molecule has 0 atom stereocenters. The van der Waals surface area contributed by atoms with Crippen molar-refractivity contribution in [2.45, 2.75) is 20.4 Å². The van der Waals surface area contributed by atoms with Crippen molar-refractivity contribution in [2.24, 2.45) is 0 Å². The number of ether oxygens (including phenoxy) is 3. The van der Waals surface area contributed by atoms with Crippen LogP contribution in [0, 0.1) is 0 Å². The van der Waals surface area contributed by atoms with Gasteiger partial charge in [0, 0.05) is 24.9 Å². The van der Waals surface area contributed by atoms with Crippen LogP contribution in [0.2, 0.25) is 0 Å². The zero-order valence-electron chi connectivity index (χ0n) is 15.3. The van der Waals surface area contributed by atoms with Gasteiger partial charge in [0.1, 0.15) is 0 Å². The normalized spacial score (nSPS) is 10.6. The number of methoxy groups -OCH3 is 1. The SMILES string of the molecule is CCOc1ccc(/C=C/C(=O)NCc2ccc(OC)nc2)cc1OCC. The zero-order chi connectivity index (χ0) is 18.8. The summed E-state index contributed by atoms with van der Waals surface area (Å²) >= 11 is 0. The fourth-order valence-electron chi connectivity index (χ4n) is 2.23. The average Bonchev–Trinajstić information content (AvgIpc) is 2.67. The molecular formula is C20H24N2O4. The maximum absolute atomic E-state index is 12.0. The van der Waals surface area contributed by atoms with Gasteiger partial charge in [-0.1, -0.05) is 12.1 Å². The van der Waals surface area contributed by atoms with Crippen molar-refractivity contribution < 1.29 is 19.0 Å². The highest BCUT2D eigenvalue weighted by molar-refractivity contribution is 5.91. The summed E-state index contributed by atoms with van der Waals surface area (Å²) in [5.74, 6) is 1.72. The first-order chi connectivity index (χ1) is 12.7. The molecule has 138 valence electrons. The van der Waals surface area contributed by atoms with Gasteiger partial charge in [0.25, 0.3) is 0 Å². The molecule has 0 fully saturated rings. The van der Waals surface area contributed by atoms with Crippen LogP contribution in [0.5, 0.6) is 17.4 Å². The van der Waals surface area contributed by atoms with E-state index < -0.39 is 0 Å². The molecule has 0 saturated carbocycles. The highest BCUT2D eigenvalue weighted by Crippen LogP contribution is 2.28. The average molecular weight is 356 g/mol. The van der Waals surface area contributed by atoms with Crippen molar-refractivity contribution in [2.75, 3.05) is 20.3 Å². The second kappa shape index (κ2) is 10.1. The number of rotatable bonds is 9. The summed E-state index contributed by atoms with van der Waals surface area (Å²) in [6.07, 6.45) is 4.89. The number of hydrogen-bond acceptors (Lipinski definition) is 5. The van der Waals surface area contributed by atoms with E-state index in [-0.39, 0.29) is 5.91 Å². The summed E-state index contributed by atoms with van der Waals surface area (Å²) in [4.78, 5) is 16.1. The number of carbonyl (C=O) groups is 1. The van der Waals surface area contributed by atoms with Crippen molar-refractivity contribution in [1.82, 2.24) is 10.3 Å². The molecule has 1 heterocycles. The Morgan fingerprint density at radius 3 is 2.54 bits per heavy atom. The van der Waals surface area contributed by atoms with Crippen molar-refractivity contribution in [3.05, 3.63) is 53.7 Å². The minimum absolute atomic E-state index is 0.187. The number of nitrogens with zero attached hydrogens (tertiary/aromatic N) is 1. The van der Waals surface area contributed by atoms with Gasteiger partial charge in [-0.25, -0.2) is 4.98 Å². The Morgan fingerprint density at radius 1 is 1.12 bits per heavy atom. The first-order valence-electron chi connectivity index (χ1n) is 8.50. The van der Waals surface area contributed by atoms with Crippen LogP contribution in [0.1, 0.15) is 25.0 Å². The lowest BCUT2D eigenvalue weighted by Gasteiger charge is -2.11. The van der Waals surface area contributed by atoms with Crippen LogP contribution >= 0.6 is 0 Å². The number of hydrogen-bond donors (Lipinski definition) is 1. The maximum atomic E-state index is 12.0. The van der Waals surface area contributed by atoms with E-state index in [2.05, 4.69) is 10.3 Å². The van der Waals surface area contributed by atoms with E-state index in [9.17, 15) is 4.79 Å². The zero-order valence-corrected chi connectivity index (χ0v) is 15.3. The van der Waals surface area contributed by atoms with Gasteiger partial charge in [-0.15, -0.1) is 0 Å². The van der Waals surface area contributed by atoms with Crippen LogP contribution in [0.3, 0.4) is 0 Å². The molecule has 0 unspecified atom stereocenters. The monoisotopic (exact) mass is 356 g/mol. The molecule has 6 nitrogen and oxygen atoms in total. The molecule has 0 aliphatic carbocycles. The molecule has 0 bridgehead atoms. The maximum Gasteiger partial charge on any atom is 0.244 e. The third kappa shape index (κ3) is 5.81. The molecule has 0 radical (unpaired) electrons. The molecule has 6 heteroatoms. The third-order valence-electron chi connectivity index (χ3n) is 3.47. The predicted molar refractivity (Wildman–Crippen MR) is 100 cm³/mol. The Morgan fingerprint density at radius 2 is 1.88 bits per heavy atom. The number of benzene rings is 1.